The average molecular weight is 366 g/mol. The Morgan fingerprint density at radius 2 is 1.68 bits per heavy atom. The average Bonchev–Trinajstić information content (AvgIpc) is 2.73. The Hall–Kier alpha value is -3.46. The van der Waals surface area contributed by atoms with Gasteiger partial charge in [-0.25, -0.2) is 0 Å². The molecule has 0 aliphatic heterocycles. The van der Waals surface area contributed by atoms with Crippen molar-refractivity contribution in [2.45, 2.75) is 20.4 Å². The molecular formula is C25H22N2O. The van der Waals surface area contributed by atoms with Crippen LogP contribution < -0.4 is 5.32 Å². The standard InChI is InChI=1S/C25H22N2O/c1-17-7-9-19(10-8-17)22-12-11-20(24-16-26-14-13-23(22)24)15-27-25(28)21-6-4-3-5-18(21)2/h3-14,16H,15H2,1-2H3,(H,27,28). The molecule has 1 aromatic heterocycles. The molecule has 1 N–H and O–H groups in total. The van der Waals surface area contributed by atoms with Gasteiger partial charge in [-0.15, -0.1) is 0 Å². The highest BCUT2D eigenvalue weighted by molar-refractivity contribution is 5.99. The van der Waals surface area contributed by atoms with Gasteiger partial charge in [-0.1, -0.05) is 60.2 Å². The third-order valence-electron chi connectivity index (χ3n) is 5.10. The summed E-state index contributed by atoms with van der Waals surface area (Å²) in [6, 6.07) is 22.4. The van der Waals surface area contributed by atoms with E-state index >= 15 is 0 Å². The van der Waals surface area contributed by atoms with Crippen molar-refractivity contribution in [3.63, 3.8) is 0 Å². The quantitative estimate of drug-likeness (QED) is 0.522. The number of benzene rings is 3. The van der Waals surface area contributed by atoms with Crippen molar-refractivity contribution in [1.82, 2.24) is 10.3 Å². The molecule has 4 rings (SSSR count). The van der Waals surface area contributed by atoms with Crippen LogP contribution >= 0.6 is 0 Å². The van der Waals surface area contributed by atoms with E-state index in [0.29, 0.717) is 12.1 Å². The minimum atomic E-state index is -0.0576. The number of fused-ring (bicyclic) bond motifs is 1. The van der Waals surface area contributed by atoms with Gasteiger partial charge in [-0.05, 0) is 53.6 Å². The summed E-state index contributed by atoms with van der Waals surface area (Å²) in [6.07, 6.45) is 3.69. The summed E-state index contributed by atoms with van der Waals surface area (Å²) in [5.41, 5.74) is 6.33. The van der Waals surface area contributed by atoms with Crippen LogP contribution in [0.5, 0.6) is 0 Å². The van der Waals surface area contributed by atoms with E-state index < -0.39 is 0 Å². The van der Waals surface area contributed by atoms with Gasteiger partial charge in [-0.3, -0.25) is 9.78 Å². The molecule has 0 bridgehead atoms. The molecule has 0 aliphatic carbocycles. The van der Waals surface area contributed by atoms with Crippen LogP contribution in [-0.2, 0) is 6.54 Å². The summed E-state index contributed by atoms with van der Waals surface area (Å²) in [5.74, 6) is -0.0576. The van der Waals surface area contributed by atoms with Crippen LogP contribution in [0.1, 0.15) is 27.0 Å². The summed E-state index contributed by atoms with van der Waals surface area (Å²) >= 11 is 0. The van der Waals surface area contributed by atoms with Gasteiger partial charge in [-0.2, -0.15) is 0 Å². The van der Waals surface area contributed by atoms with Crippen LogP contribution in [-0.4, -0.2) is 10.9 Å². The zero-order valence-electron chi connectivity index (χ0n) is 16.1. The Bertz CT molecular complexity index is 1150. The van der Waals surface area contributed by atoms with Gasteiger partial charge in [0.1, 0.15) is 0 Å². The highest BCUT2D eigenvalue weighted by atomic mass is 16.1. The van der Waals surface area contributed by atoms with Crippen LogP contribution in [0.2, 0.25) is 0 Å². The lowest BCUT2D eigenvalue weighted by molar-refractivity contribution is 0.0950. The smallest absolute Gasteiger partial charge is 0.251 e. The molecule has 0 saturated carbocycles. The van der Waals surface area contributed by atoms with Crippen LogP contribution in [0.4, 0.5) is 0 Å². The molecule has 3 nitrogen and oxygen atoms in total. The number of rotatable bonds is 4. The minimum absolute atomic E-state index is 0.0576. The normalized spacial score (nSPS) is 10.8. The second-order valence-corrected chi connectivity index (χ2v) is 7.06. The first kappa shape index (κ1) is 17.9. The molecule has 28 heavy (non-hydrogen) atoms. The highest BCUT2D eigenvalue weighted by Crippen LogP contribution is 2.30. The lowest BCUT2D eigenvalue weighted by Crippen LogP contribution is -2.23. The van der Waals surface area contributed by atoms with Crippen molar-refractivity contribution in [2.24, 2.45) is 0 Å². The third-order valence-corrected chi connectivity index (χ3v) is 5.10. The van der Waals surface area contributed by atoms with Crippen molar-refractivity contribution in [2.75, 3.05) is 0 Å². The first-order chi connectivity index (χ1) is 13.6. The fraction of sp³-hybridized carbons (Fsp3) is 0.120. The van der Waals surface area contributed by atoms with Crippen LogP contribution in [0.3, 0.4) is 0 Å². The van der Waals surface area contributed by atoms with Gasteiger partial charge in [0.2, 0.25) is 0 Å². The molecule has 0 unspecified atom stereocenters. The van der Waals surface area contributed by atoms with Gasteiger partial charge in [0.05, 0.1) is 0 Å². The van der Waals surface area contributed by atoms with Crippen LogP contribution in [0, 0.1) is 13.8 Å². The number of amides is 1. The number of hydrogen-bond acceptors (Lipinski definition) is 2. The molecule has 4 aromatic rings. The predicted octanol–water partition coefficient (Wildman–Crippen LogP) is 5.45. The molecule has 0 saturated heterocycles. The van der Waals surface area contributed by atoms with Crippen LogP contribution in [0.25, 0.3) is 21.9 Å². The van der Waals surface area contributed by atoms with E-state index in [9.17, 15) is 4.79 Å². The van der Waals surface area contributed by atoms with Gasteiger partial charge in [0.15, 0.2) is 0 Å². The number of carbonyl (C=O) groups is 1. The molecule has 1 heterocycles. The third kappa shape index (κ3) is 3.52. The van der Waals surface area contributed by atoms with Gasteiger partial charge in [0, 0.05) is 29.9 Å². The first-order valence-corrected chi connectivity index (χ1v) is 9.40. The number of nitrogens with one attached hydrogen (secondary N) is 1. The molecule has 138 valence electrons. The highest BCUT2D eigenvalue weighted by Gasteiger charge is 2.11. The number of carbonyl (C=O) groups excluding carboxylic acids is 1. The lowest BCUT2D eigenvalue weighted by atomic mass is 9.95. The summed E-state index contributed by atoms with van der Waals surface area (Å²) in [7, 11) is 0. The second-order valence-electron chi connectivity index (χ2n) is 7.06. The molecule has 0 spiro atoms. The van der Waals surface area contributed by atoms with E-state index in [-0.39, 0.29) is 5.91 Å². The monoisotopic (exact) mass is 366 g/mol. The molecule has 0 fully saturated rings. The Balaban J connectivity index is 1.66. The summed E-state index contributed by atoms with van der Waals surface area (Å²) in [6.45, 7) is 4.50. The van der Waals surface area contributed by atoms with E-state index in [1.165, 1.54) is 16.7 Å². The maximum absolute atomic E-state index is 12.6. The molecule has 1 amide bonds. The first-order valence-electron chi connectivity index (χ1n) is 9.40. The van der Waals surface area contributed by atoms with E-state index in [2.05, 4.69) is 53.6 Å². The summed E-state index contributed by atoms with van der Waals surface area (Å²) in [4.78, 5) is 16.9. The molecule has 0 radical (unpaired) electrons. The SMILES string of the molecule is Cc1ccc(-c2ccc(CNC(=O)c3ccccc3C)c3cnccc23)cc1. The van der Waals surface area contributed by atoms with Crippen LogP contribution in [0.15, 0.2) is 79.1 Å². The molecular weight excluding hydrogens is 344 g/mol. The zero-order valence-corrected chi connectivity index (χ0v) is 16.1. The van der Waals surface area contributed by atoms with E-state index in [0.717, 1.165) is 21.9 Å². The Kier molecular flexibility index (Phi) is 4.90. The lowest BCUT2D eigenvalue weighted by Gasteiger charge is -2.13. The van der Waals surface area contributed by atoms with Crippen molar-refractivity contribution in [3.05, 3.63) is 101 Å². The van der Waals surface area contributed by atoms with E-state index in [1.807, 2.05) is 49.6 Å². The second kappa shape index (κ2) is 7.65. The summed E-state index contributed by atoms with van der Waals surface area (Å²) in [5, 5.41) is 5.25. The zero-order chi connectivity index (χ0) is 19.5. The van der Waals surface area contributed by atoms with Gasteiger partial charge < -0.3 is 5.32 Å². The molecule has 0 aliphatic rings. The summed E-state index contributed by atoms with van der Waals surface area (Å²) < 4.78 is 0. The Morgan fingerprint density at radius 3 is 2.46 bits per heavy atom. The van der Waals surface area contributed by atoms with Gasteiger partial charge >= 0.3 is 0 Å². The Labute approximate surface area is 165 Å². The fourth-order valence-corrected chi connectivity index (χ4v) is 3.49. The van der Waals surface area contributed by atoms with E-state index in [4.69, 9.17) is 0 Å². The topological polar surface area (TPSA) is 42.0 Å². The van der Waals surface area contributed by atoms with Gasteiger partial charge in [0.25, 0.3) is 5.91 Å². The number of aromatic nitrogens is 1. The molecule has 3 aromatic carbocycles. The fourth-order valence-electron chi connectivity index (χ4n) is 3.49. The number of aryl methyl sites for hydroxylation is 2. The van der Waals surface area contributed by atoms with Crippen molar-refractivity contribution >= 4 is 16.7 Å². The maximum atomic E-state index is 12.6. The molecule has 3 heteroatoms. The van der Waals surface area contributed by atoms with Crippen molar-refractivity contribution in [1.29, 1.82) is 0 Å². The number of hydrogen-bond donors (Lipinski definition) is 1. The van der Waals surface area contributed by atoms with Crippen molar-refractivity contribution < 1.29 is 4.79 Å². The minimum Gasteiger partial charge on any atom is -0.348 e. The predicted molar refractivity (Wildman–Crippen MR) is 114 cm³/mol. The molecule has 0 atom stereocenters. The van der Waals surface area contributed by atoms with Crippen molar-refractivity contribution in [3.8, 4) is 11.1 Å². The number of nitrogens with zero attached hydrogens (tertiary/aromatic N) is 1. The maximum Gasteiger partial charge on any atom is 0.251 e. The Morgan fingerprint density at radius 1 is 0.893 bits per heavy atom. The largest absolute Gasteiger partial charge is 0.348 e. The number of pyridine rings is 1. The van der Waals surface area contributed by atoms with E-state index in [1.54, 1.807) is 0 Å².